The molecule has 1 unspecified atom stereocenters. The van der Waals surface area contributed by atoms with E-state index in [4.69, 9.17) is 0 Å². The highest BCUT2D eigenvalue weighted by molar-refractivity contribution is 7.22. The maximum absolute atomic E-state index is 13.7. The monoisotopic (exact) mass is 478 g/mol. The third-order valence-electron chi connectivity index (χ3n) is 5.66. The zero-order valence-electron chi connectivity index (χ0n) is 17.8. The van der Waals surface area contributed by atoms with Gasteiger partial charge in [-0.15, -0.1) is 11.3 Å². The van der Waals surface area contributed by atoms with E-state index in [2.05, 4.69) is 18.8 Å². The van der Waals surface area contributed by atoms with Crippen LogP contribution in [-0.4, -0.2) is 21.8 Å². The Bertz CT molecular complexity index is 1410. The molecule has 33 heavy (non-hydrogen) atoms. The Labute approximate surface area is 197 Å². The predicted octanol–water partition coefficient (Wildman–Crippen LogP) is 6.40. The lowest BCUT2D eigenvalue weighted by atomic mass is 9.93. The van der Waals surface area contributed by atoms with Crippen molar-refractivity contribution in [3.8, 4) is 0 Å². The van der Waals surface area contributed by atoms with Gasteiger partial charge >= 0.3 is 0 Å². The second-order valence-corrected chi connectivity index (χ2v) is 10.0. The normalized spacial score (nSPS) is 16.4. The minimum atomic E-state index is -0.848. The number of nitrogens with zero attached hydrogens (tertiary/aromatic N) is 2. The Morgan fingerprint density at radius 3 is 2.58 bits per heavy atom. The molecular weight excluding hydrogens is 459 g/mol. The molecule has 1 N–H and O–H groups in total. The van der Waals surface area contributed by atoms with E-state index in [-0.39, 0.29) is 5.57 Å². The fraction of sp³-hybridized carbons (Fsp3) is 0.160. The molecule has 0 saturated carbocycles. The number of carbonyl (C=O) groups is 2. The number of fused-ring (bicyclic) bond motifs is 1. The Hall–Kier alpha value is -3.36. The fourth-order valence-electron chi connectivity index (χ4n) is 3.94. The van der Waals surface area contributed by atoms with E-state index >= 15 is 0 Å². The topological polar surface area (TPSA) is 70.5 Å². The van der Waals surface area contributed by atoms with Crippen molar-refractivity contribution in [3.05, 3.63) is 93.1 Å². The molecule has 0 radical (unpaired) electrons. The number of anilines is 1. The fourth-order valence-corrected chi connectivity index (χ4v) is 5.64. The predicted molar refractivity (Wildman–Crippen MR) is 129 cm³/mol. The van der Waals surface area contributed by atoms with Crippen LogP contribution >= 0.6 is 22.7 Å². The number of hydrogen-bond acceptors (Lipinski definition) is 6. The molecule has 0 bridgehead atoms. The van der Waals surface area contributed by atoms with Crippen LogP contribution in [-0.2, 0) is 4.79 Å². The maximum atomic E-state index is 13.7. The van der Waals surface area contributed by atoms with Crippen LogP contribution in [0.2, 0.25) is 0 Å². The minimum absolute atomic E-state index is 0.0187. The van der Waals surface area contributed by atoms with Gasteiger partial charge in [-0.3, -0.25) is 14.5 Å². The molecule has 5 rings (SSSR count). The molecule has 1 aliphatic rings. The van der Waals surface area contributed by atoms with Gasteiger partial charge in [-0.2, -0.15) is 0 Å². The summed E-state index contributed by atoms with van der Waals surface area (Å²) in [4.78, 5) is 32.9. The molecule has 1 aliphatic heterocycles. The summed E-state index contributed by atoms with van der Waals surface area (Å²) in [6, 6.07) is 14.4. The Kier molecular flexibility index (Phi) is 5.34. The van der Waals surface area contributed by atoms with Crippen molar-refractivity contribution in [1.29, 1.82) is 0 Å². The first-order valence-corrected chi connectivity index (χ1v) is 12.1. The lowest BCUT2D eigenvalue weighted by Crippen LogP contribution is -2.30. The molecule has 5 nitrogen and oxygen atoms in total. The zero-order valence-corrected chi connectivity index (χ0v) is 19.4. The highest BCUT2D eigenvalue weighted by atomic mass is 32.1. The van der Waals surface area contributed by atoms with E-state index in [0.29, 0.717) is 31.7 Å². The first-order valence-electron chi connectivity index (χ1n) is 10.4. The third kappa shape index (κ3) is 3.65. The zero-order chi connectivity index (χ0) is 23.3. The van der Waals surface area contributed by atoms with Gasteiger partial charge in [0.1, 0.15) is 5.82 Å². The summed E-state index contributed by atoms with van der Waals surface area (Å²) >= 11 is 2.39. The molecule has 2 aromatic heterocycles. The summed E-state index contributed by atoms with van der Waals surface area (Å²) in [7, 11) is 0. The highest BCUT2D eigenvalue weighted by Crippen LogP contribution is 2.44. The second-order valence-electron chi connectivity index (χ2n) is 8.08. The SMILES string of the molecule is CC(C)c1ccc(C2C(C(=O)c3cccs3)=C(O)C(=O)N2c2nc3ccc(F)cc3s2)cc1. The van der Waals surface area contributed by atoms with Crippen LogP contribution in [0.3, 0.4) is 0 Å². The van der Waals surface area contributed by atoms with Crippen molar-refractivity contribution in [3.63, 3.8) is 0 Å². The number of Topliss-reactive ketones (excluding diaryl/α,β-unsaturated/α-hetero) is 1. The van der Waals surface area contributed by atoms with Gasteiger partial charge in [-0.1, -0.05) is 55.5 Å². The van der Waals surface area contributed by atoms with Crippen molar-refractivity contribution in [2.24, 2.45) is 0 Å². The van der Waals surface area contributed by atoms with E-state index in [1.165, 1.54) is 28.4 Å². The first-order chi connectivity index (χ1) is 15.8. The van der Waals surface area contributed by atoms with Crippen molar-refractivity contribution >= 4 is 49.7 Å². The van der Waals surface area contributed by atoms with E-state index < -0.39 is 29.3 Å². The smallest absolute Gasteiger partial charge is 0.296 e. The molecule has 4 aromatic rings. The molecule has 2 aromatic carbocycles. The van der Waals surface area contributed by atoms with Crippen molar-refractivity contribution in [2.45, 2.75) is 25.8 Å². The van der Waals surface area contributed by atoms with Crippen molar-refractivity contribution < 1.29 is 19.1 Å². The summed E-state index contributed by atoms with van der Waals surface area (Å²) in [5.74, 6) is -1.77. The highest BCUT2D eigenvalue weighted by Gasteiger charge is 2.46. The minimum Gasteiger partial charge on any atom is -0.503 e. The lowest BCUT2D eigenvalue weighted by molar-refractivity contribution is -0.117. The van der Waals surface area contributed by atoms with Crippen LogP contribution < -0.4 is 4.90 Å². The quantitative estimate of drug-likeness (QED) is 0.337. The van der Waals surface area contributed by atoms with Gasteiger partial charge in [0.2, 0.25) is 5.78 Å². The van der Waals surface area contributed by atoms with Crippen LogP contribution in [0.25, 0.3) is 10.2 Å². The number of rotatable bonds is 5. The van der Waals surface area contributed by atoms with Gasteiger partial charge in [0, 0.05) is 0 Å². The van der Waals surface area contributed by atoms with Gasteiger partial charge in [0.25, 0.3) is 5.91 Å². The lowest BCUT2D eigenvalue weighted by Gasteiger charge is -2.24. The second kappa shape index (κ2) is 8.20. The molecule has 1 atom stereocenters. The van der Waals surface area contributed by atoms with Crippen LogP contribution in [0.15, 0.2) is 71.3 Å². The van der Waals surface area contributed by atoms with Gasteiger partial charge in [-0.05, 0) is 46.7 Å². The number of thiazole rings is 1. The van der Waals surface area contributed by atoms with Gasteiger partial charge in [0.05, 0.1) is 26.7 Å². The number of aliphatic hydroxyl groups is 1. The summed E-state index contributed by atoms with van der Waals surface area (Å²) in [5.41, 5.74) is 2.35. The summed E-state index contributed by atoms with van der Waals surface area (Å²) in [6.07, 6.45) is 0. The van der Waals surface area contributed by atoms with Crippen molar-refractivity contribution in [2.75, 3.05) is 4.90 Å². The maximum Gasteiger partial charge on any atom is 0.296 e. The number of halogens is 1. The van der Waals surface area contributed by atoms with Gasteiger partial charge < -0.3 is 5.11 Å². The molecule has 3 heterocycles. The third-order valence-corrected chi connectivity index (χ3v) is 7.55. The average molecular weight is 479 g/mol. The largest absolute Gasteiger partial charge is 0.503 e. The van der Waals surface area contributed by atoms with Gasteiger partial charge in [0.15, 0.2) is 10.9 Å². The number of ketones is 1. The Balaban J connectivity index is 1.67. The Morgan fingerprint density at radius 2 is 1.91 bits per heavy atom. The van der Waals surface area contributed by atoms with Crippen LogP contribution in [0.1, 0.15) is 46.6 Å². The number of benzene rings is 2. The number of thiophene rings is 1. The van der Waals surface area contributed by atoms with Crippen LogP contribution in [0, 0.1) is 5.82 Å². The summed E-state index contributed by atoms with van der Waals surface area (Å²) < 4.78 is 14.3. The summed E-state index contributed by atoms with van der Waals surface area (Å²) in [5, 5.41) is 12.9. The molecular formula is C25H19FN2O3S2. The number of aromatic nitrogens is 1. The number of aliphatic hydroxyl groups excluding tert-OH is 1. The molecule has 0 saturated heterocycles. The number of amides is 1. The number of hydrogen-bond donors (Lipinski definition) is 1. The van der Waals surface area contributed by atoms with Crippen LogP contribution in [0.4, 0.5) is 9.52 Å². The van der Waals surface area contributed by atoms with Crippen molar-refractivity contribution in [1.82, 2.24) is 4.98 Å². The van der Waals surface area contributed by atoms with E-state index in [9.17, 15) is 19.1 Å². The van der Waals surface area contributed by atoms with Gasteiger partial charge in [-0.25, -0.2) is 9.37 Å². The summed E-state index contributed by atoms with van der Waals surface area (Å²) in [6.45, 7) is 4.16. The molecule has 1 amide bonds. The van der Waals surface area contributed by atoms with E-state index in [1.807, 2.05) is 24.3 Å². The standard InChI is InChI=1S/C25H19FN2O3S2/c1-13(2)14-5-7-15(8-6-14)21-20(22(29)18-4-3-11-32-18)23(30)24(31)28(21)25-27-17-10-9-16(26)12-19(17)33-25/h3-13,21,30H,1-2H3. The molecule has 166 valence electrons. The number of carbonyl (C=O) groups excluding carboxylic acids is 2. The average Bonchev–Trinajstić information content (AvgIpc) is 3.52. The first kappa shape index (κ1) is 21.5. The van der Waals surface area contributed by atoms with E-state index in [0.717, 1.165) is 16.9 Å². The van der Waals surface area contributed by atoms with E-state index in [1.54, 1.807) is 23.6 Å². The molecule has 8 heteroatoms. The molecule has 0 spiro atoms. The van der Waals surface area contributed by atoms with Crippen LogP contribution in [0.5, 0.6) is 0 Å². The Morgan fingerprint density at radius 1 is 1.15 bits per heavy atom. The molecule has 0 aliphatic carbocycles. The molecule has 0 fully saturated rings.